The minimum Gasteiger partial charge on any atom is -0.464 e. The Kier molecular flexibility index (Phi) is 7.64. The molecule has 0 radical (unpaired) electrons. The molecule has 11 heteroatoms. The number of hydrogen-bond donors (Lipinski definition) is 1. The monoisotopic (exact) mass is 421 g/mol. The largest absolute Gasteiger partial charge is 0.464 e. The predicted octanol–water partition coefficient (Wildman–Crippen LogP) is 4.41. The summed E-state index contributed by atoms with van der Waals surface area (Å²) in [5.74, 6) is -0.881. The Bertz CT molecular complexity index is 603. The molecule has 0 aromatic heterocycles. The Morgan fingerprint density at radius 3 is 2.12 bits per heavy atom. The number of esters is 1. The van der Waals surface area contributed by atoms with Crippen molar-refractivity contribution in [1.82, 2.24) is 5.32 Å². The lowest BCUT2D eigenvalue weighted by Crippen LogP contribution is -2.36. The fraction of sp³-hybridized carbons (Fsp3) is 0.429. The maximum Gasteiger partial charge on any atom is 0.416 e. The maximum atomic E-state index is 12.6. The first kappa shape index (κ1) is 21.7. The number of benzene rings is 1. The Labute approximate surface area is 156 Å². The summed E-state index contributed by atoms with van der Waals surface area (Å²) < 4.78 is 45.4. The van der Waals surface area contributed by atoms with Crippen molar-refractivity contribution >= 4 is 46.9 Å². The highest BCUT2D eigenvalue weighted by Crippen LogP contribution is 2.30. The molecule has 0 spiro atoms. The van der Waals surface area contributed by atoms with Gasteiger partial charge in [0.2, 0.25) is 3.79 Å². The first-order valence-corrected chi connectivity index (χ1v) is 7.91. The second-order valence-corrected chi connectivity index (χ2v) is 7.16. The third-order valence-electron chi connectivity index (χ3n) is 2.72. The Balaban J connectivity index is 2.93. The molecular formula is C14H13Cl3F3NO4. The Hall–Kier alpha value is -1.38. The molecule has 1 rings (SSSR count). The van der Waals surface area contributed by atoms with E-state index in [0.29, 0.717) is 0 Å². The summed E-state index contributed by atoms with van der Waals surface area (Å²) in [6.07, 6.45) is -5.64. The molecule has 1 amide bonds. The van der Waals surface area contributed by atoms with E-state index >= 15 is 0 Å². The first-order chi connectivity index (χ1) is 11.4. The number of alkyl halides is 6. The van der Waals surface area contributed by atoms with Crippen LogP contribution in [0.5, 0.6) is 0 Å². The van der Waals surface area contributed by atoms with Crippen molar-refractivity contribution in [3.8, 4) is 0 Å². The molecule has 1 N–H and O–H groups in total. The van der Waals surface area contributed by atoms with Crippen LogP contribution in [0.1, 0.15) is 24.1 Å². The van der Waals surface area contributed by atoms with E-state index in [1.807, 2.05) is 0 Å². The van der Waals surface area contributed by atoms with Gasteiger partial charge in [-0.25, -0.2) is 9.59 Å². The van der Waals surface area contributed by atoms with Crippen LogP contribution in [0.4, 0.5) is 18.0 Å². The van der Waals surface area contributed by atoms with Crippen LogP contribution < -0.4 is 5.32 Å². The molecule has 0 heterocycles. The molecule has 1 aromatic carbocycles. The van der Waals surface area contributed by atoms with E-state index in [1.54, 1.807) is 0 Å². The van der Waals surface area contributed by atoms with Crippen LogP contribution in [0, 0.1) is 0 Å². The summed E-state index contributed by atoms with van der Waals surface area (Å²) in [6.45, 7) is 0.940. The van der Waals surface area contributed by atoms with Crippen molar-refractivity contribution in [3.05, 3.63) is 35.4 Å². The molecule has 25 heavy (non-hydrogen) atoms. The van der Waals surface area contributed by atoms with Gasteiger partial charge >= 0.3 is 18.2 Å². The molecule has 1 atom stereocenters. The standard InChI is InChI=1S/C14H13Cl3F3NO4/c1-2-24-11(22)10(21-12(23)25-7-13(15,16)17)8-3-5-9(6-4-8)14(18,19)20/h3-6,10H,2,7H2,1H3,(H,21,23). The number of alkyl carbamates (subject to hydrolysis) is 1. The van der Waals surface area contributed by atoms with E-state index in [2.05, 4.69) is 10.1 Å². The van der Waals surface area contributed by atoms with Gasteiger partial charge in [-0.1, -0.05) is 46.9 Å². The maximum absolute atomic E-state index is 12.6. The van der Waals surface area contributed by atoms with Gasteiger partial charge in [-0.05, 0) is 24.6 Å². The Morgan fingerprint density at radius 2 is 1.68 bits per heavy atom. The second-order valence-electron chi connectivity index (χ2n) is 4.64. The van der Waals surface area contributed by atoms with Crippen LogP contribution in [0.15, 0.2) is 24.3 Å². The van der Waals surface area contributed by atoms with Gasteiger partial charge in [-0.3, -0.25) is 0 Å². The van der Waals surface area contributed by atoms with E-state index in [1.165, 1.54) is 6.92 Å². The highest BCUT2D eigenvalue weighted by atomic mass is 35.6. The molecule has 0 fully saturated rings. The molecule has 0 bridgehead atoms. The zero-order chi connectivity index (χ0) is 19.3. The summed E-state index contributed by atoms with van der Waals surface area (Å²) in [7, 11) is 0. The van der Waals surface area contributed by atoms with Gasteiger partial charge < -0.3 is 14.8 Å². The number of rotatable bonds is 5. The van der Waals surface area contributed by atoms with Gasteiger partial charge in [0, 0.05) is 0 Å². The van der Waals surface area contributed by atoms with E-state index in [0.717, 1.165) is 24.3 Å². The third-order valence-corrected chi connectivity index (χ3v) is 3.05. The number of carbonyl (C=O) groups excluding carboxylic acids is 2. The van der Waals surface area contributed by atoms with Crippen LogP contribution in [-0.4, -0.2) is 29.1 Å². The topological polar surface area (TPSA) is 64.6 Å². The SMILES string of the molecule is CCOC(=O)C(NC(=O)OCC(Cl)(Cl)Cl)c1ccc(C(F)(F)F)cc1. The van der Waals surface area contributed by atoms with E-state index in [-0.39, 0.29) is 12.2 Å². The number of hydrogen-bond acceptors (Lipinski definition) is 4. The fourth-order valence-corrected chi connectivity index (χ4v) is 1.84. The van der Waals surface area contributed by atoms with E-state index in [4.69, 9.17) is 39.5 Å². The smallest absolute Gasteiger partial charge is 0.416 e. The summed E-state index contributed by atoms with van der Waals surface area (Å²) in [6, 6.07) is 2.25. The molecule has 0 saturated heterocycles. The lowest BCUT2D eigenvalue weighted by molar-refractivity contribution is -0.145. The summed E-state index contributed by atoms with van der Waals surface area (Å²) in [5, 5.41) is 2.16. The van der Waals surface area contributed by atoms with Crippen LogP contribution in [0.2, 0.25) is 0 Å². The molecular weight excluding hydrogens is 410 g/mol. The van der Waals surface area contributed by atoms with Gasteiger partial charge in [0.05, 0.1) is 12.2 Å². The predicted molar refractivity (Wildman–Crippen MR) is 85.6 cm³/mol. The lowest BCUT2D eigenvalue weighted by atomic mass is 10.0. The lowest BCUT2D eigenvalue weighted by Gasteiger charge is -2.19. The molecule has 1 aromatic rings. The first-order valence-electron chi connectivity index (χ1n) is 6.78. The quantitative estimate of drug-likeness (QED) is 0.564. The van der Waals surface area contributed by atoms with Crippen LogP contribution in [0.3, 0.4) is 0 Å². The van der Waals surface area contributed by atoms with E-state index in [9.17, 15) is 22.8 Å². The molecule has 0 saturated carbocycles. The highest BCUT2D eigenvalue weighted by Gasteiger charge is 2.32. The van der Waals surface area contributed by atoms with Crippen molar-refractivity contribution in [2.45, 2.75) is 22.9 Å². The van der Waals surface area contributed by atoms with Crippen molar-refractivity contribution in [2.75, 3.05) is 13.2 Å². The van der Waals surface area contributed by atoms with Gasteiger partial charge in [0.25, 0.3) is 0 Å². The zero-order valence-corrected chi connectivity index (χ0v) is 15.0. The zero-order valence-electron chi connectivity index (χ0n) is 12.7. The fourth-order valence-electron chi connectivity index (χ4n) is 1.68. The second kappa shape index (κ2) is 8.82. The van der Waals surface area contributed by atoms with Gasteiger partial charge in [0.1, 0.15) is 6.61 Å². The van der Waals surface area contributed by atoms with Crippen molar-refractivity contribution in [3.63, 3.8) is 0 Å². The van der Waals surface area contributed by atoms with Crippen molar-refractivity contribution < 1.29 is 32.2 Å². The number of halogens is 6. The molecule has 0 aliphatic heterocycles. The average Bonchev–Trinajstić information content (AvgIpc) is 2.49. The number of amides is 1. The van der Waals surface area contributed by atoms with Crippen molar-refractivity contribution in [1.29, 1.82) is 0 Å². The molecule has 140 valence electrons. The molecule has 0 aliphatic rings. The summed E-state index contributed by atoms with van der Waals surface area (Å²) >= 11 is 16.3. The van der Waals surface area contributed by atoms with Crippen LogP contribution in [0.25, 0.3) is 0 Å². The number of ether oxygens (including phenoxy) is 2. The molecule has 1 unspecified atom stereocenters. The molecule has 0 aliphatic carbocycles. The normalized spacial score (nSPS) is 13.1. The van der Waals surface area contributed by atoms with Crippen LogP contribution >= 0.6 is 34.8 Å². The number of carbonyl (C=O) groups is 2. The van der Waals surface area contributed by atoms with Crippen LogP contribution in [-0.2, 0) is 20.4 Å². The van der Waals surface area contributed by atoms with E-state index < -0.39 is 40.2 Å². The highest BCUT2D eigenvalue weighted by molar-refractivity contribution is 6.67. The summed E-state index contributed by atoms with van der Waals surface area (Å²) in [4.78, 5) is 23.7. The Morgan fingerprint density at radius 1 is 1.12 bits per heavy atom. The van der Waals surface area contributed by atoms with Gasteiger partial charge in [-0.15, -0.1) is 0 Å². The molecule has 5 nitrogen and oxygen atoms in total. The summed E-state index contributed by atoms with van der Waals surface area (Å²) in [5.41, 5.74) is -0.838. The van der Waals surface area contributed by atoms with Crippen molar-refractivity contribution in [2.24, 2.45) is 0 Å². The van der Waals surface area contributed by atoms with Gasteiger partial charge in [-0.2, -0.15) is 13.2 Å². The average molecular weight is 423 g/mol. The van der Waals surface area contributed by atoms with Gasteiger partial charge in [0.15, 0.2) is 6.04 Å². The minimum absolute atomic E-state index is 0.000840. The minimum atomic E-state index is -4.53. The third kappa shape index (κ3) is 7.58. The number of nitrogens with one attached hydrogen (secondary N) is 1.